The summed E-state index contributed by atoms with van der Waals surface area (Å²) in [7, 11) is 0. The first kappa shape index (κ1) is 23.2. The number of nitrogens with zero attached hydrogens (tertiary/aromatic N) is 2. The van der Waals surface area contributed by atoms with Crippen molar-refractivity contribution in [3.63, 3.8) is 0 Å². The maximum Gasteiger partial charge on any atom is 0.164 e. The fraction of sp³-hybridized carbons (Fsp3) is 0.462. The molecule has 0 aliphatic rings. The van der Waals surface area contributed by atoms with Crippen LogP contribution in [0.2, 0.25) is 0 Å². The van der Waals surface area contributed by atoms with Crippen LogP contribution in [0.25, 0.3) is 21.9 Å². The number of hydrogen-bond donors (Lipinski definition) is 0. The zero-order valence-corrected chi connectivity index (χ0v) is 19.2. The van der Waals surface area contributed by atoms with Crippen molar-refractivity contribution in [2.75, 3.05) is 39.3 Å². The van der Waals surface area contributed by atoms with E-state index in [0.29, 0.717) is 24.0 Å². The maximum atomic E-state index is 12.7. The summed E-state index contributed by atoms with van der Waals surface area (Å²) >= 11 is 0. The van der Waals surface area contributed by atoms with Gasteiger partial charge in [0.25, 0.3) is 0 Å². The lowest BCUT2D eigenvalue weighted by atomic mass is 10.0. The molecule has 0 unspecified atom stereocenters. The molecular formula is C26H34N2O3. The average Bonchev–Trinajstić information content (AvgIpc) is 3.17. The van der Waals surface area contributed by atoms with E-state index in [9.17, 15) is 9.59 Å². The zero-order chi connectivity index (χ0) is 22.4. The summed E-state index contributed by atoms with van der Waals surface area (Å²) in [5.74, 6) is 0.268. The Morgan fingerprint density at radius 3 is 1.42 bits per heavy atom. The van der Waals surface area contributed by atoms with Gasteiger partial charge in [0.1, 0.15) is 11.2 Å². The van der Waals surface area contributed by atoms with Crippen LogP contribution in [-0.4, -0.2) is 60.6 Å². The summed E-state index contributed by atoms with van der Waals surface area (Å²) in [4.78, 5) is 30.0. The van der Waals surface area contributed by atoms with E-state index < -0.39 is 0 Å². The fourth-order valence-electron chi connectivity index (χ4n) is 4.01. The highest BCUT2D eigenvalue weighted by molar-refractivity contribution is 6.10. The Morgan fingerprint density at radius 1 is 0.677 bits per heavy atom. The lowest BCUT2D eigenvalue weighted by Gasteiger charge is -2.17. The zero-order valence-electron chi connectivity index (χ0n) is 19.2. The van der Waals surface area contributed by atoms with Crippen LogP contribution >= 0.6 is 0 Å². The third-order valence-corrected chi connectivity index (χ3v) is 6.21. The molecule has 0 N–H and O–H groups in total. The third-order valence-electron chi connectivity index (χ3n) is 6.21. The second-order valence-electron chi connectivity index (χ2n) is 7.92. The molecule has 0 saturated carbocycles. The molecule has 3 rings (SSSR count). The van der Waals surface area contributed by atoms with Gasteiger partial charge in [-0.1, -0.05) is 27.7 Å². The van der Waals surface area contributed by atoms with Crippen LogP contribution in [0.15, 0.2) is 40.8 Å². The summed E-state index contributed by atoms with van der Waals surface area (Å²) in [6, 6.07) is 11.2. The standard InChI is InChI=1S/C26H34N2O3/c1-5-27(6-2)15-13-23(29)19-9-11-25-21(17-19)22-18-20(10-12-26(22)31-25)24(30)14-16-28(7-3)8-4/h9-12,17-18H,5-8,13-16H2,1-4H3. The number of rotatable bonds is 12. The van der Waals surface area contributed by atoms with Gasteiger partial charge in [-0.05, 0) is 62.6 Å². The van der Waals surface area contributed by atoms with Crippen molar-refractivity contribution in [1.82, 2.24) is 9.80 Å². The topological polar surface area (TPSA) is 53.8 Å². The molecule has 5 nitrogen and oxygen atoms in total. The van der Waals surface area contributed by atoms with Crippen LogP contribution in [0, 0.1) is 0 Å². The van der Waals surface area contributed by atoms with Gasteiger partial charge in [-0.2, -0.15) is 0 Å². The first-order chi connectivity index (χ1) is 15.0. The lowest BCUT2D eigenvalue weighted by molar-refractivity contribution is 0.0958. The number of carbonyl (C=O) groups excluding carboxylic acids is 2. The first-order valence-corrected chi connectivity index (χ1v) is 11.5. The van der Waals surface area contributed by atoms with Gasteiger partial charge in [0.2, 0.25) is 0 Å². The third kappa shape index (κ3) is 5.41. The molecule has 0 fully saturated rings. The molecule has 0 radical (unpaired) electrons. The second kappa shape index (κ2) is 10.7. The highest BCUT2D eigenvalue weighted by atomic mass is 16.3. The molecule has 1 heterocycles. The van der Waals surface area contributed by atoms with Crippen molar-refractivity contribution in [3.8, 4) is 0 Å². The SMILES string of the molecule is CCN(CC)CCC(=O)c1ccc2oc3ccc(C(=O)CCN(CC)CC)cc3c2c1. The van der Waals surface area contributed by atoms with Gasteiger partial charge in [0, 0.05) is 47.8 Å². The molecule has 166 valence electrons. The number of benzene rings is 2. The van der Waals surface area contributed by atoms with Crippen molar-refractivity contribution in [2.24, 2.45) is 0 Å². The van der Waals surface area contributed by atoms with E-state index >= 15 is 0 Å². The smallest absolute Gasteiger partial charge is 0.164 e. The summed E-state index contributed by atoms with van der Waals surface area (Å²) in [5.41, 5.74) is 2.87. The summed E-state index contributed by atoms with van der Waals surface area (Å²) < 4.78 is 5.95. The molecule has 2 aromatic carbocycles. The lowest BCUT2D eigenvalue weighted by Crippen LogP contribution is -2.25. The predicted molar refractivity (Wildman–Crippen MR) is 127 cm³/mol. The Balaban J connectivity index is 1.84. The number of ketones is 2. The number of hydrogen-bond acceptors (Lipinski definition) is 5. The molecule has 1 aromatic heterocycles. The minimum atomic E-state index is 0.134. The number of furan rings is 1. The molecular weight excluding hydrogens is 388 g/mol. The Hall–Kier alpha value is -2.50. The summed E-state index contributed by atoms with van der Waals surface area (Å²) in [6.45, 7) is 13.7. The number of Topliss-reactive ketones (excluding diaryl/α,β-unsaturated/α-hetero) is 2. The van der Waals surface area contributed by atoms with Crippen LogP contribution < -0.4 is 0 Å². The van der Waals surface area contributed by atoms with E-state index in [1.165, 1.54) is 0 Å². The number of fused-ring (bicyclic) bond motifs is 3. The minimum Gasteiger partial charge on any atom is -0.456 e. The normalized spacial score (nSPS) is 11.8. The highest BCUT2D eigenvalue weighted by Crippen LogP contribution is 2.31. The molecule has 0 spiro atoms. The van der Waals surface area contributed by atoms with Crippen LogP contribution in [-0.2, 0) is 0 Å². The van der Waals surface area contributed by atoms with Gasteiger partial charge in [-0.15, -0.1) is 0 Å². The second-order valence-corrected chi connectivity index (χ2v) is 7.92. The monoisotopic (exact) mass is 422 g/mol. The maximum absolute atomic E-state index is 12.7. The van der Waals surface area contributed by atoms with E-state index in [1.54, 1.807) is 0 Å². The van der Waals surface area contributed by atoms with Crippen molar-refractivity contribution < 1.29 is 14.0 Å². The van der Waals surface area contributed by atoms with Crippen LogP contribution in [0.4, 0.5) is 0 Å². The average molecular weight is 423 g/mol. The van der Waals surface area contributed by atoms with Gasteiger partial charge in [0.15, 0.2) is 11.6 Å². The molecule has 0 aliphatic heterocycles. The van der Waals surface area contributed by atoms with E-state index in [-0.39, 0.29) is 11.6 Å². The van der Waals surface area contributed by atoms with E-state index in [4.69, 9.17) is 4.42 Å². The van der Waals surface area contributed by atoms with E-state index in [0.717, 1.165) is 61.2 Å². The van der Waals surface area contributed by atoms with Gasteiger partial charge in [0.05, 0.1) is 0 Å². The van der Waals surface area contributed by atoms with Gasteiger partial charge < -0.3 is 14.2 Å². The van der Waals surface area contributed by atoms with E-state index in [1.807, 2.05) is 36.4 Å². The van der Waals surface area contributed by atoms with Crippen LogP contribution in [0.3, 0.4) is 0 Å². The fourth-order valence-corrected chi connectivity index (χ4v) is 4.01. The minimum absolute atomic E-state index is 0.134. The largest absolute Gasteiger partial charge is 0.456 e. The van der Waals surface area contributed by atoms with E-state index in [2.05, 4.69) is 37.5 Å². The molecule has 3 aromatic rings. The highest BCUT2D eigenvalue weighted by Gasteiger charge is 2.15. The first-order valence-electron chi connectivity index (χ1n) is 11.5. The van der Waals surface area contributed by atoms with Gasteiger partial charge in [-0.3, -0.25) is 9.59 Å². The summed E-state index contributed by atoms with van der Waals surface area (Å²) in [6.07, 6.45) is 0.996. The van der Waals surface area contributed by atoms with Crippen molar-refractivity contribution in [1.29, 1.82) is 0 Å². The van der Waals surface area contributed by atoms with Crippen molar-refractivity contribution in [2.45, 2.75) is 40.5 Å². The van der Waals surface area contributed by atoms with Crippen molar-refractivity contribution in [3.05, 3.63) is 47.5 Å². The van der Waals surface area contributed by atoms with Gasteiger partial charge in [-0.25, -0.2) is 0 Å². The molecule has 5 heteroatoms. The van der Waals surface area contributed by atoms with Crippen LogP contribution in [0.1, 0.15) is 61.3 Å². The van der Waals surface area contributed by atoms with Crippen LogP contribution in [0.5, 0.6) is 0 Å². The molecule has 31 heavy (non-hydrogen) atoms. The molecule has 0 aliphatic carbocycles. The van der Waals surface area contributed by atoms with Crippen molar-refractivity contribution >= 4 is 33.5 Å². The molecule has 0 amide bonds. The Morgan fingerprint density at radius 2 is 1.06 bits per heavy atom. The Bertz CT molecular complexity index is 963. The Kier molecular flexibility index (Phi) is 7.99. The van der Waals surface area contributed by atoms with Gasteiger partial charge >= 0.3 is 0 Å². The molecule has 0 bridgehead atoms. The predicted octanol–water partition coefficient (Wildman–Crippen LogP) is 5.42. The Labute approximate surface area is 185 Å². The molecule has 0 atom stereocenters. The quantitative estimate of drug-likeness (QED) is 0.365. The molecule has 0 saturated heterocycles. The number of carbonyl (C=O) groups is 2. The summed E-state index contributed by atoms with van der Waals surface area (Å²) in [5, 5.41) is 1.78.